The molecule has 0 unspecified atom stereocenters. The van der Waals surface area contributed by atoms with Gasteiger partial charge in [0, 0.05) is 43.6 Å². The van der Waals surface area contributed by atoms with Crippen molar-refractivity contribution in [2.75, 3.05) is 36.4 Å². The van der Waals surface area contributed by atoms with Gasteiger partial charge in [-0.25, -0.2) is 17.8 Å². The predicted octanol–water partition coefficient (Wildman–Crippen LogP) is 4.36. The van der Waals surface area contributed by atoms with Crippen LogP contribution in [0.2, 0.25) is 0 Å². The molecule has 1 N–H and O–H groups in total. The number of benzene rings is 2. The van der Waals surface area contributed by atoms with Crippen molar-refractivity contribution in [3.8, 4) is 5.75 Å². The lowest BCUT2D eigenvalue weighted by atomic mass is 10.2. The number of piperazine rings is 1. The number of anilines is 3. The highest BCUT2D eigenvalue weighted by atomic mass is 32.2. The topological polar surface area (TPSA) is 87.7 Å². The van der Waals surface area contributed by atoms with Crippen molar-refractivity contribution in [1.82, 2.24) is 14.3 Å². The lowest BCUT2D eigenvalue weighted by Crippen LogP contribution is -2.49. The van der Waals surface area contributed by atoms with Gasteiger partial charge in [-0.3, -0.25) is 0 Å². The number of nitrogens with zero attached hydrogens (tertiary/aromatic N) is 4. The summed E-state index contributed by atoms with van der Waals surface area (Å²) in [7, 11) is -3.62. The van der Waals surface area contributed by atoms with Crippen LogP contribution in [0.3, 0.4) is 0 Å². The van der Waals surface area contributed by atoms with Crippen LogP contribution in [0.25, 0.3) is 0 Å². The van der Waals surface area contributed by atoms with E-state index in [1.54, 1.807) is 42.5 Å². The molecule has 0 spiro atoms. The van der Waals surface area contributed by atoms with Gasteiger partial charge in [0.2, 0.25) is 16.0 Å². The summed E-state index contributed by atoms with van der Waals surface area (Å²) in [4.78, 5) is 11.3. The second-order valence-corrected chi connectivity index (χ2v) is 11.3. The molecule has 0 atom stereocenters. The van der Waals surface area contributed by atoms with Gasteiger partial charge in [0.25, 0.3) is 0 Å². The van der Waals surface area contributed by atoms with Gasteiger partial charge in [-0.1, -0.05) is 0 Å². The molecule has 2 aromatic carbocycles. The fraction of sp³-hybridized carbons (Fsp3) is 0.360. The SMILES string of the molecule is Cc1cc(Nc2ccc(F)cc2)nc(N2CCN(S(=O)(=O)c3ccc(OC(C)(C)C)cc3)CC2)n1. The molecule has 1 aliphatic heterocycles. The van der Waals surface area contributed by atoms with E-state index < -0.39 is 10.0 Å². The van der Waals surface area contributed by atoms with E-state index in [1.165, 1.54) is 16.4 Å². The van der Waals surface area contributed by atoms with E-state index in [0.717, 1.165) is 5.69 Å². The van der Waals surface area contributed by atoms with Crippen LogP contribution in [0.15, 0.2) is 59.5 Å². The summed E-state index contributed by atoms with van der Waals surface area (Å²) in [5, 5.41) is 3.16. The first-order valence-electron chi connectivity index (χ1n) is 11.4. The summed E-state index contributed by atoms with van der Waals surface area (Å²) in [6.45, 7) is 9.26. The number of hydrogen-bond donors (Lipinski definition) is 1. The van der Waals surface area contributed by atoms with Crippen molar-refractivity contribution >= 4 is 27.5 Å². The monoisotopic (exact) mass is 499 g/mol. The maximum absolute atomic E-state index is 13.2. The second-order valence-electron chi connectivity index (χ2n) is 9.40. The number of aromatic nitrogens is 2. The highest BCUT2D eigenvalue weighted by molar-refractivity contribution is 7.89. The first kappa shape index (κ1) is 24.9. The molecular formula is C25H30FN5O3S. The van der Waals surface area contributed by atoms with Crippen LogP contribution in [0, 0.1) is 12.7 Å². The van der Waals surface area contributed by atoms with E-state index in [9.17, 15) is 12.8 Å². The Bertz CT molecular complexity index is 1270. The molecule has 0 radical (unpaired) electrons. The molecule has 1 fully saturated rings. The van der Waals surface area contributed by atoms with Gasteiger partial charge in [-0.15, -0.1) is 0 Å². The molecule has 0 saturated carbocycles. The summed E-state index contributed by atoms with van der Waals surface area (Å²) in [5.41, 5.74) is 1.13. The summed E-state index contributed by atoms with van der Waals surface area (Å²) in [5.74, 6) is 1.43. The molecule has 0 amide bonds. The minimum atomic E-state index is -3.62. The van der Waals surface area contributed by atoms with Crippen molar-refractivity contribution in [1.29, 1.82) is 0 Å². The Morgan fingerprint density at radius 3 is 2.17 bits per heavy atom. The van der Waals surface area contributed by atoms with E-state index in [2.05, 4.69) is 15.3 Å². The van der Waals surface area contributed by atoms with Crippen molar-refractivity contribution in [3.05, 3.63) is 66.1 Å². The summed E-state index contributed by atoms with van der Waals surface area (Å²) in [6, 6.07) is 14.4. The highest BCUT2D eigenvalue weighted by Crippen LogP contribution is 2.25. The maximum Gasteiger partial charge on any atom is 0.243 e. The summed E-state index contributed by atoms with van der Waals surface area (Å²) < 4.78 is 46.8. The molecule has 0 aliphatic carbocycles. The van der Waals surface area contributed by atoms with Crippen LogP contribution in [0.4, 0.5) is 21.8 Å². The molecular weight excluding hydrogens is 469 g/mol. The van der Waals surface area contributed by atoms with Crippen LogP contribution in [-0.2, 0) is 10.0 Å². The van der Waals surface area contributed by atoms with Gasteiger partial charge in [0.1, 0.15) is 23.0 Å². The number of nitrogens with one attached hydrogen (secondary N) is 1. The zero-order valence-electron chi connectivity index (χ0n) is 20.3. The van der Waals surface area contributed by atoms with Crippen LogP contribution in [0.5, 0.6) is 5.75 Å². The average Bonchev–Trinajstić information content (AvgIpc) is 2.80. The van der Waals surface area contributed by atoms with E-state index in [0.29, 0.717) is 49.4 Å². The number of hydrogen-bond acceptors (Lipinski definition) is 7. The molecule has 35 heavy (non-hydrogen) atoms. The quantitative estimate of drug-likeness (QED) is 0.539. The average molecular weight is 500 g/mol. The molecule has 1 aromatic heterocycles. The van der Waals surface area contributed by atoms with Crippen LogP contribution >= 0.6 is 0 Å². The second kappa shape index (κ2) is 9.79. The standard InChI is InChI=1S/C25H30FN5O3S/c1-18-17-23(28-20-7-5-19(26)6-8-20)29-24(27-18)30-13-15-31(16-14-30)35(32,33)22-11-9-21(10-12-22)34-25(2,3)4/h5-12,17H,13-16H2,1-4H3,(H,27,28,29). The largest absolute Gasteiger partial charge is 0.488 e. The fourth-order valence-electron chi connectivity index (χ4n) is 3.75. The molecule has 1 aliphatic rings. The minimum absolute atomic E-state index is 0.241. The summed E-state index contributed by atoms with van der Waals surface area (Å²) >= 11 is 0. The molecule has 1 saturated heterocycles. The van der Waals surface area contributed by atoms with Crippen molar-refractivity contribution in [2.24, 2.45) is 0 Å². The predicted molar refractivity (Wildman–Crippen MR) is 134 cm³/mol. The normalized spacial score (nSPS) is 15.2. The Kier molecular flexibility index (Phi) is 6.95. The number of sulfonamides is 1. The van der Waals surface area contributed by atoms with E-state index in [4.69, 9.17) is 4.74 Å². The first-order valence-corrected chi connectivity index (χ1v) is 12.9. The van der Waals surface area contributed by atoms with E-state index in [1.807, 2.05) is 32.6 Å². The summed E-state index contributed by atoms with van der Waals surface area (Å²) in [6.07, 6.45) is 0. The van der Waals surface area contributed by atoms with Crippen LogP contribution < -0.4 is 15.0 Å². The molecule has 8 nitrogen and oxygen atoms in total. The number of aryl methyl sites for hydroxylation is 1. The zero-order valence-corrected chi connectivity index (χ0v) is 21.1. The van der Waals surface area contributed by atoms with Gasteiger partial charge < -0.3 is 15.0 Å². The third-order valence-electron chi connectivity index (χ3n) is 5.37. The van der Waals surface area contributed by atoms with Gasteiger partial charge >= 0.3 is 0 Å². The Balaban J connectivity index is 1.42. The van der Waals surface area contributed by atoms with Gasteiger partial charge in [-0.2, -0.15) is 9.29 Å². The first-order chi connectivity index (χ1) is 16.5. The van der Waals surface area contributed by atoms with Gasteiger partial charge in [-0.05, 0) is 76.2 Å². The Hall–Kier alpha value is -3.24. The Labute approximate surface area is 205 Å². The molecule has 2 heterocycles. The highest BCUT2D eigenvalue weighted by Gasteiger charge is 2.29. The third kappa shape index (κ3) is 6.26. The number of rotatable bonds is 6. The van der Waals surface area contributed by atoms with E-state index in [-0.39, 0.29) is 16.3 Å². The smallest absolute Gasteiger partial charge is 0.243 e. The number of halogens is 1. The lowest BCUT2D eigenvalue weighted by Gasteiger charge is -2.34. The Morgan fingerprint density at radius 2 is 1.57 bits per heavy atom. The Morgan fingerprint density at radius 1 is 0.943 bits per heavy atom. The lowest BCUT2D eigenvalue weighted by molar-refractivity contribution is 0.131. The fourth-order valence-corrected chi connectivity index (χ4v) is 5.17. The minimum Gasteiger partial charge on any atom is -0.488 e. The van der Waals surface area contributed by atoms with Crippen molar-refractivity contribution in [3.63, 3.8) is 0 Å². The molecule has 0 bridgehead atoms. The van der Waals surface area contributed by atoms with Crippen molar-refractivity contribution < 1.29 is 17.5 Å². The maximum atomic E-state index is 13.2. The molecule has 10 heteroatoms. The van der Waals surface area contributed by atoms with Gasteiger partial charge in [0.05, 0.1) is 4.90 Å². The van der Waals surface area contributed by atoms with E-state index >= 15 is 0 Å². The van der Waals surface area contributed by atoms with Crippen LogP contribution in [-0.4, -0.2) is 54.5 Å². The molecule has 4 rings (SSSR count). The zero-order chi connectivity index (χ0) is 25.2. The van der Waals surface area contributed by atoms with Crippen molar-refractivity contribution in [2.45, 2.75) is 38.2 Å². The molecule has 3 aromatic rings. The molecule has 186 valence electrons. The number of ether oxygens (including phenoxy) is 1. The van der Waals surface area contributed by atoms with Crippen LogP contribution in [0.1, 0.15) is 26.5 Å². The van der Waals surface area contributed by atoms with Gasteiger partial charge in [0.15, 0.2) is 0 Å². The third-order valence-corrected chi connectivity index (χ3v) is 7.28.